The normalized spacial score (nSPS) is 18.3. The lowest BCUT2D eigenvalue weighted by Gasteiger charge is -2.35. The van der Waals surface area contributed by atoms with Crippen LogP contribution in [-0.2, 0) is 20.7 Å². The average molecular weight is 444 g/mol. The number of amides is 3. The molecule has 1 aromatic rings. The van der Waals surface area contributed by atoms with Gasteiger partial charge >= 0.3 is 6.09 Å². The van der Waals surface area contributed by atoms with E-state index in [9.17, 15) is 14.4 Å². The summed E-state index contributed by atoms with van der Waals surface area (Å²) in [5.74, 6) is 0.205. The predicted octanol–water partition coefficient (Wildman–Crippen LogP) is 3.37. The molecule has 2 aliphatic rings. The van der Waals surface area contributed by atoms with E-state index in [-0.39, 0.29) is 29.9 Å². The summed E-state index contributed by atoms with van der Waals surface area (Å²) in [5, 5.41) is 3.17. The molecule has 0 atom stereocenters. The minimum atomic E-state index is -0.500. The van der Waals surface area contributed by atoms with Crippen LogP contribution in [0.4, 0.5) is 4.79 Å². The topological polar surface area (TPSA) is 79.0 Å². The van der Waals surface area contributed by atoms with Gasteiger partial charge in [0.2, 0.25) is 11.8 Å². The highest BCUT2D eigenvalue weighted by Gasteiger charge is 2.31. The minimum Gasteiger partial charge on any atom is -0.444 e. The van der Waals surface area contributed by atoms with E-state index in [1.807, 2.05) is 56.0 Å². The molecule has 3 rings (SSSR count). The molecular weight excluding hydrogens is 406 g/mol. The summed E-state index contributed by atoms with van der Waals surface area (Å²) in [5.41, 5.74) is 0.674. The molecule has 2 heterocycles. The molecule has 176 valence electrons. The zero-order valence-corrected chi connectivity index (χ0v) is 19.6. The first kappa shape index (κ1) is 24.1. The number of nitrogens with zero attached hydrogens (tertiary/aromatic N) is 2. The molecule has 0 aliphatic carbocycles. The Kier molecular flexibility index (Phi) is 8.15. The van der Waals surface area contributed by atoms with Gasteiger partial charge in [-0.25, -0.2) is 4.79 Å². The maximum atomic E-state index is 12.7. The Balaban J connectivity index is 1.35. The molecular formula is C25H37N3O4. The SMILES string of the molecule is CC(C)(C)OC(=O)N1CCC(NC(=O)C2CCN(C(=O)CCc3ccccc3)CC2)CC1. The molecule has 0 spiro atoms. The lowest BCUT2D eigenvalue weighted by atomic mass is 9.94. The first-order valence-corrected chi connectivity index (χ1v) is 11.8. The van der Waals surface area contributed by atoms with Crippen LogP contribution in [0.15, 0.2) is 30.3 Å². The number of ether oxygens (including phenoxy) is 1. The Hall–Kier alpha value is -2.57. The van der Waals surface area contributed by atoms with Crippen LogP contribution in [0.2, 0.25) is 0 Å². The number of rotatable bonds is 5. The number of carbonyl (C=O) groups excluding carboxylic acids is 3. The van der Waals surface area contributed by atoms with Crippen LogP contribution in [0.25, 0.3) is 0 Å². The van der Waals surface area contributed by atoms with Crippen LogP contribution in [0.3, 0.4) is 0 Å². The summed E-state index contributed by atoms with van der Waals surface area (Å²) in [6, 6.07) is 10.1. The number of hydrogen-bond acceptors (Lipinski definition) is 4. The zero-order chi connectivity index (χ0) is 23.1. The molecule has 2 aliphatic heterocycles. The Morgan fingerprint density at radius 1 is 0.938 bits per heavy atom. The van der Waals surface area contributed by atoms with Crippen molar-refractivity contribution in [2.45, 2.75) is 70.9 Å². The standard InChI is InChI=1S/C25H37N3O4/c1-25(2,3)32-24(31)28-17-13-21(14-18-28)26-23(30)20-11-15-27(16-12-20)22(29)10-9-19-7-5-4-6-8-19/h4-8,20-21H,9-18H2,1-3H3,(H,26,30). The summed E-state index contributed by atoms with van der Waals surface area (Å²) in [7, 11) is 0. The molecule has 3 amide bonds. The summed E-state index contributed by atoms with van der Waals surface area (Å²) < 4.78 is 5.43. The largest absolute Gasteiger partial charge is 0.444 e. The second-order valence-corrected chi connectivity index (χ2v) is 9.89. The number of nitrogens with one attached hydrogen (secondary N) is 1. The fourth-order valence-electron chi connectivity index (χ4n) is 4.30. The molecule has 7 heteroatoms. The molecule has 7 nitrogen and oxygen atoms in total. The second-order valence-electron chi connectivity index (χ2n) is 9.89. The maximum absolute atomic E-state index is 12.7. The monoisotopic (exact) mass is 443 g/mol. The van der Waals surface area contributed by atoms with E-state index >= 15 is 0 Å². The van der Waals surface area contributed by atoms with Crippen molar-refractivity contribution in [1.82, 2.24) is 15.1 Å². The first-order chi connectivity index (χ1) is 15.2. The summed E-state index contributed by atoms with van der Waals surface area (Å²) >= 11 is 0. The molecule has 0 saturated carbocycles. The molecule has 0 radical (unpaired) electrons. The molecule has 32 heavy (non-hydrogen) atoms. The smallest absolute Gasteiger partial charge is 0.410 e. The van der Waals surface area contributed by atoms with E-state index in [0.717, 1.165) is 19.3 Å². The summed E-state index contributed by atoms with van der Waals surface area (Å²) in [6.07, 6.45) is 3.87. The van der Waals surface area contributed by atoms with Crippen LogP contribution in [0, 0.1) is 5.92 Å². The van der Waals surface area contributed by atoms with Gasteiger partial charge in [0.15, 0.2) is 0 Å². The summed E-state index contributed by atoms with van der Waals surface area (Å²) in [6.45, 7) is 8.05. The molecule has 1 aromatic carbocycles. The van der Waals surface area contributed by atoms with Gasteiger partial charge in [0.05, 0.1) is 0 Å². The van der Waals surface area contributed by atoms with Crippen LogP contribution in [0.1, 0.15) is 58.4 Å². The van der Waals surface area contributed by atoms with Crippen molar-refractivity contribution < 1.29 is 19.1 Å². The third-order valence-electron chi connectivity index (χ3n) is 6.18. The summed E-state index contributed by atoms with van der Waals surface area (Å²) in [4.78, 5) is 41.1. The van der Waals surface area contributed by atoms with Gasteiger partial charge in [0, 0.05) is 44.6 Å². The van der Waals surface area contributed by atoms with E-state index in [1.54, 1.807) is 4.90 Å². The van der Waals surface area contributed by atoms with Crippen LogP contribution >= 0.6 is 0 Å². The Morgan fingerprint density at radius 3 is 2.12 bits per heavy atom. The van der Waals surface area contributed by atoms with Crippen LogP contribution in [-0.4, -0.2) is 65.5 Å². The van der Waals surface area contributed by atoms with Gasteiger partial charge < -0.3 is 19.9 Å². The van der Waals surface area contributed by atoms with E-state index in [0.29, 0.717) is 45.4 Å². The molecule has 0 bridgehead atoms. The third kappa shape index (κ3) is 7.24. The average Bonchev–Trinajstić information content (AvgIpc) is 2.77. The second kappa shape index (κ2) is 10.8. The fraction of sp³-hybridized carbons (Fsp3) is 0.640. The van der Waals surface area contributed by atoms with Gasteiger partial charge in [0.25, 0.3) is 0 Å². The highest BCUT2D eigenvalue weighted by Crippen LogP contribution is 2.21. The molecule has 0 aromatic heterocycles. The Bertz CT molecular complexity index is 774. The van der Waals surface area contributed by atoms with E-state index in [4.69, 9.17) is 4.74 Å². The van der Waals surface area contributed by atoms with Crippen molar-refractivity contribution in [3.63, 3.8) is 0 Å². The van der Waals surface area contributed by atoms with Crippen molar-refractivity contribution in [3.8, 4) is 0 Å². The third-order valence-corrected chi connectivity index (χ3v) is 6.18. The predicted molar refractivity (Wildman–Crippen MR) is 123 cm³/mol. The zero-order valence-electron chi connectivity index (χ0n) is 19.6. The molecule has 2 saturated heterocycles. The maximum Gasteiger partial charge on any atom is 0.410 e. The molecule has 2 fully saturated rings. The number of likely N-dealkylation sites (tertiary alicyclic amines) is 2. The van der Waals surface area contributed by atoms with Crippen molar-refractivity contribution in [2.24, 2.45) is 5.92 Å². The van der Waals surface area contributed by atoms with Crippen LogP contribution < -0.4 is 5.32 Å². The fourth-order valence-corrected chi connectivity index (χ4v) is 4.30. The number of aryl methyl sites for hydroxylation is 1. The highest BCUT2D eigenvalue weighted by atomic mass is 16.6. The first-order valence-electron chi connectivity index (χ1n) is 11.8. The van der Waals surface area contributed by atoms with E-state index < -0.39 is 5.60 Å². The molecule has 1 N–H and O–H groups in total. The van der Waals surface area contributed by atoms with Gasteiger partial charge in [-0.15, -0.1) is 0 Å². The van der Waals surface area contributed by atoms with Gasteiger partial charge in [-0.3, -0.25) is 9.59 Å². The molecule has 0 unspecified atom stereocenters. The van der Waals surface area contributed by atoms with Gasteiger partial charge in [-0.1, -0.05) is 30.3 Å². The van der Waals surface area contributed by atoms with Gasteiger partial charge in [-0.2, -0.15) is 0 Å². The Labute approximate surface area is 191 Å². The minimum absolute atomic E-state index is 0.0444. The van der Waals surface area contributed by atoms with Crippen molar-refractivity contribution in [3.05, 3.63) is 35.9 Å². The van der Waals surface area contributed by atoms with Crippen molar-refractivity contribution >= 4 is 17.9 Å². The lowest BCUT2D eigenvalue weighted by molar-refractivity contribution is -0.135. The van der Waals surface area contributed by atoms with Crippen molar-refractivity contribution in [1.29, 1.82) is 0 Å². The number of hydrogen-bond donors (Lipinski definition) is 1. The highest BCUT2D eigenvalue weighted by molar-refractivity contribution is 5.80. The van der Waals surface area contributed by atoms with Crippen LogP contribution in [0.5, 0.6) is 0 Å². The van der Waals surface area contributed by atoms with E-state index in [1.165, 1.54) is 5.56 Å². The number of benzene rings is 1. The van der Waals surface area contributed by atoms with Gasteiger partial charge in [0.1, 0.15) is 5.60 Å². The van der Waals surface area contributed by atoms with Crippen molar-refractivity contribution in [2.75, 3.05) is 26.2 Å². The van der Waals surface area contributed by atoms with Gasteiger partial charge in [-0.05, 0) is 58.4 Å². The van der Waals surface area contributed by atoms with E-state index in [2.05, 4.69) is 5.32 Å². The number of piperidine rings is 2. The lowest BCUT2D eigenvalue weighted by Crippen LogP contribution is -2.50. The number of carbonyl (C=O) groups is 3. The quantitative estimate of drug-likeness (QED) is 0.757. The Morgan fingerprint density at radius 2 is 1.53 bits per heavy atom.